The van der Waals surface area contributed by atoms with Gasteiger partial charge in [0.15, 0.2) is 0 Å². The largest absolute Gasteiger partial charge is 0.418 e. The highest BCUT2D eigenvalue weighted by molar-refractivity contribution is 7.91. The molecule has 15 heteroatoms. The van der Waals surface area contributed by atoms with Gasteiger partial charge in [0.1, 0.15) is 10.0 Å². The van der Waals surface area contributed by atoms with E-state index >= 15 is 0 Å². The van der Waals surface area contributed by atoms with Gasteiger partial charge in [-0.15, -0.1) is 11.3 Å². The molecule has 0 saturated carbocycles. The van der Waals surface area contributed by atoms with E-state index < -0.39 is 66.7 Å². The van der Waals surface area contributed by atoms with Crippen molar-refractivity contribution in [2.75, 3.05) is 24.5 Å². The van der Waals surface area contributed by atoms with Crippen molar-refractivity contribution in [2.45, 2.75) is 61.6 Å². The van der Waals surface area contributed by atoms with Gasteiger partial charge >= 0.3 is 6.18 Å². The number of nitrogens with two attached hydrogens (primary N) is 1. The molecule has 1 aromatic heterocycles. The van der Waals surface area contributed by atoms with Crippen molar-refractivity contribution in [3.63, 3.8) is 0 Å². The molecule has 0 radical (unpaired) electrons. The number of primary amides is 1. The molecule has 0 bridgehead atoms. The number of hydrogen-bond acceptors (Lipinski definition) is 6. The molecule has 2 heterocycles. The molecular formula is C25H29F6N3O4S2. The van der Waals surface area contributed by atoms with Crippen LogP contribution in [-0.4, -0.2) is 55.3 Å². The Morgan fingerprint density at radius 3 is 2.25 bits per heavy atom. The van der Waals surface area contributed by atoms with E-state index in [4.69, 9.17) is 5.73 Å². The second kappa shape index (κ2) is 10.7. The van der Waals surface area contributed by atoms with Gasteiger partial charge in [-0.3, -0.25) is 4.79 Å². The monoisotopic (exact) mass is 613 g/mol. The zero-order chi connectivity index (χ0) is 30.6. The summed E-state index contributed by atoms with van der Waals surface area (Å²) in [5.74, 6) is -7.69. The third-order valence-corrected chi connectivity index (χ3v) is 10.8. The van der Waals surface area contributed by atoms with Gasteiger partial charge in [-0.1, -0.05) is 19.1 Å². The van der Waals surface area contributed by atoms with Gasteiger partial charge in [-0.2, -0.15) is 17.5 Å². The first-order valence-electron chi connectivity index (χ1n) is 12.0. The van der Waals surface area contributed by atoms with Crippen LogP contribution in [0.25, 0.3) is 0 Å². The minimum atomic E-state index is -4.85. The standard InChI is InChI=1S/C25H29F6N3O4S2/c1-13(2)15(4)21-18(24(36,22(32)35)23(5,27)28)11-20(39-21)40(37,38)34-9-8-33(12-14(34)3)19-7-6-16(26)10-17(19)25(29,30)31/h6-7,10-11,14-15,36H,1,8-9,12H2,2-5H3,(H2,32,35). The summed E-state index contributed by atoms with van der Waals surface area (Å²) in [5, 5.41) is 10.8. The highest BCUT2D eigenvalue weighted by Crippen LogP contribution is 2.47. The predicted molar refractivity (Wildman–Crippen MR) is 138 cm³/mol. The maximum Gasteiger partial charge on any atom is 0.418 e. The van der Waals surface area contributed by atoms with Gasteiger partial charge in [-0.05, 0) is 38.1 Å². The number of carbonyl (C=O) groups excluding carboxylic acids is 1. The van der Waals surface area contributed by atoms with E-state index in [1.54, 1.807) is 6.92 Å². The predicted octanol–water partition coefficient (Wildman–Crippen LogP) is 4.81. The van der Waals surface area contributed by atoms with Crippen molar-refractivity contribution in [1.82, 2.24) is 4.31 Å². The Labute approximate surface area is 231 Å². The van der Waals surface area contributed by atoms with Gasteiger partial charge < -0.3 is 15.7 Å². The van der Waals surface area contributed by atoms with Crippen molar-refractivity contribution < 1.29 is 44.7 Å². The van der Waals surface area contributed by atoms with Crippen molar-refractivity contribution >= 4 is 33.0 Å². The lowest BCUT2D eigenvalue weighted by Crippen LogP contribution is -2.54. The average Bonchev–Trinajstić information content (AvgIpc) is 3.27. The summed E-state index contributed by atoms with van der Waals surface area (Å²) < 4.78 is 111. The number of hydrogen-bond donors (Lipinski definition) is 2. The third-order valence-electron chi connectivity index (χ3n) is 6.99. The number of halogens is 6. The Hall–Kier alpha value is -2.62. The minimum absolute atomic E-state index is 0.0543. The molecule has 1 amide bonds. The Morgan fingerprint density at radius 1 is 1.18 bits per heavy atom. The Kier molecular flexibility index (Phi) is 8.50. The van der Waals surface area contributed by atoms with E-state index in [2.05, 4.69) is 6.58 Å². The summed E-state index contributed by atoms with van der Waals surface area (Å²) in [7, 11) is -4.45. The number of nitrogens with zero attached hydrogens (tertiary/aromatic N) is 2. The Bertz CT molecular complexity index is 1420. The Balaban J connectivity index is 2.05. The van der Waals surface area contributed by atoms with Crippen LogP contribution in [0.2, 0.25) is 0 Å². The first kappa shape index (κ1) is 31.9. The molecule has 1 aromatic carbocycles. The molecule has 3 rings (SSSR count). The number of amides is 1. The molecule has 0 aliphatic carbocycles. The number of sulfonamides is 1. The molecule has 7 nitrogen and oxygen atoms in total. The quantitative estimate of drug-likeness (QED) is 0.329. The van der Waals surface area contributed by atoms with Gasteiger partial charge in [0.2, 0.25) is 5.60 Å². The van der Waals surface area contributed by atoms with Crippen LogP contribution in [0.3, 0.4) is 0 Å². The number of alkyl halides is 5. The molecule has 3 unspecified atom stereocenters. The highest BCUT2D eigenvalue weighted by Gasteiger charge is 2.57. The van der Waals surface area contributed by atoms with E-state index in [0.717, 1.165) is 22.5 Å². The number of carbonyl (C=O) groups is 1. The lowest BCUT2D eigenvalue weighted by atomic mass is 9.84. The minimum Gasteiger partial charge on any atom is -0.371 e. The summed E-state index contributed by atoms with van der Waals surface area (Å²) in [6.45, 7) is 7.90. The molecule has 222 valence electrons. The summed E-state index contributed by atoms with van der Waals surface area (Å²) >= 11 is 0.568. The molecule has 1 fully saturated rings. The fourth-order valence-corrected chi connectivity index (χ4v) is 7.99. The van der Waals surface area contributed by atoms with E-state index in [1.807, 2.05) is 0 Å². The lowest BCUT2D eigenvalue weighted by molar-refractivity contribution is -0.186. The first-order chi connectivity index (χ1) is 18.1. The summed E-state index contributed by atoms with van der Waals surface area (Å²) in [5.41, 5.74) is -0.103. The van der Waals surface area contributed by atoms with Crippen molar-refractivity contribution in [3.8, 4) is 0 Å². The topological polar surface area (TPSA) is 104 Å². The first-order valence-corrected chi connectivity index (χ1v) is 14.2. The molecule has 0 spiro atoms. The van der Waals surface area contributed by atoms with Gasteiger partial charge in [0.25, 0.3) is 21.9 Å². The molecule has 1 aliphatic rings. The fourth-order valence-electron chi connectivity index (χ4n) is 4.57. The zero-order valence-electron chi connectivity index (χ0n) is 22.0. The molecule has 40 heavy (non-hydrogen) atoms. The van der Waals surface area contributed by atoms with Crippen LogP contribution in [0.5, 0.6) is 0 Å². The van der Waals surface area contributed by atoms with Gasteiger partial charge in [0, 0.05) is 54.6 Å². The molecule has 3 atom stereocenters. The average molecular weight is 614 g/mol. The van der Waals surface area contributed by atoms with Crippen LogP contribution in [-0.2, 0) is 26.6 Å². The molecule has 1 aliphatic heterocycles. The van der Waals surface area contributed by atoms with Crippen LogP contribution in [0, 0.1) is 5.82 Å². The number of anilines is 1. The maximum absolute atomic E-state index is 14.6. The van der Waals surface area contributed by atoms with E-state index in [-0.39, 0.29) is 37.1 Å². The second-order valence-electron chi connectivity index (χ2n) is 9.94. The van der Waals surface area contributed by atoms with Crippen molar-refractivity contribution in [2.24, 2.45) is 5.73 Å². The maximum atomic E-state index is 14.6. The SMILES string of the molecule is C=C(C)C(C)c1sc(S(=O)(=O)N2CCN(c3ccc(F)cc3C(F)(F)F)CC2C)cc1C(O)(C(N)=O)C(C)(F)F. The fraction of sp³-hybridized carbons (Fsp3) is 0.480. The van der Waals surface area contributed by atoms with Crippen LogP contribution in [0.4, 0.5) is 32.0 Å². The van der Waals surface area contributed by atoms with E-state index in [1.165, 1.54) is 18.7 Å². The number of piperazine rings is 1. The summed E-state index contributed by atoms with van der Waals surface area (Å²) in [4.78, 5) is 13.4. The number of benzene rings is 1. The molecule has 2 aromatic rings. The Morgan fingerprint density at radius 2 is 1.77 bits per heavy atom. The molecule has 1 saturated heterocycles. The normalized spacial score (nSPS) is 19.8. The van der Waals surface area contributed by atoms with Crippen LogP contribution >= 0.6 is 11.3 Å². The molecular weight excluding hydrogens is 584 g/mol. The highest BCUT2D eigenvalue weighted by atomic mass is 32.2. The molecule has 3 N–H and O–H groups in total. The number of rotatable bonds is 8. The number of thiophene rings is 1. The van der Waals surface area contributed by atoms with E-state index in [0.29, 0.717) is 23.0 Å². The van der Waals surface area contributed by atoms with Gasteiger partial charge in [0.05, 0.1) is 5.56 Å². The number of allylic oxidation sites excluding steroid dienone is 1. The number of aliphatic hydroxyl groups is 1. The van der Waals surface area contributed by atoms with E-state index in [9.17, 15) is 44.7 Å². The lowest BCUT2D eigenvalue weighted by Gasteiger charge is -2.40. The smallest absolute Gasteiger partial charge is 0.371 e. The van der Waals surface area contributed by atoms with Crippen LogP contribution < -0.4 is 10.6 Å². The zero-order valence-corrected chi connectivity index (χ0v) is 23.7. The van der Waals surface area contributed by atoms with Gasteiger partial charge in [-0.25, -0.2) is 21.6 Å². The van der Waals surface area contributed by atoms with Crippen molar-refractivity contribution in [3.05, 3.63) is 58.2 Å². The summed E-state index contributed by atoms with van der Waals surface area (Å²) in [6.07, 6.45) is -4.85. The summed E-state index contributed by atoms with van der Waals surface area (Å²) in [6, 6.07) is 2.10. The van der Waals surface area contributed by atoms with Crippen LogP contribution in [0.1, 0.15) is 49.6 Å². The second-order valence-corrected chi connectivity index (χ2v) is 13.1. The van der Waals surface area contributed by atoms with Crippen molar-refractivity contribution in [1.29, 1.82) is 0 Å². The third kappa shape index (κ3) is 5.60. The van der Waals surface area contributed by atoms with Crippen LogP contribution in [0.15, 0.2) is 40.6 Å².